The van der Waals surface area contributed by atoms with Crippen LogP contribution in [-0.4, -0.2) is 22.0 Å². The summed E-state index contributed by atoms with van der Waals surface area (Å²) in [5, 5.41) is 9.04. The van der Waals surface area contributed by atoms with Crippen LogP contribution in [0.2, 0.25) is 0 Å². The molecule has 0 unspecified atom stereocenters. The van der Waals surface area contributed by atoms with Crippen molar-refractivity contribution in [2.75, 3.05) is 0 Å². The number of fused-ring (bicyclic) bond motifs is 1. The Kier molecular flexibility index (Phi) is 3.63. The predicted octanol–water partition coefficient (Wildman–Crippen LogP) is 3.41. The van der Waals surface area contributed by atoms with Gasteiger partial charge in [0.15, 0.2) is 0 Å². The van der Waals surface area contributed by atoms with E-state index in [1.54, 1.807) is 0 Å². The molecule has 19 heavy (non-hydrogen) atoms. The van der Waals surface area contributed by atoms with Gasteiger partial charge in [-0.15, -0.1) is 0 Å². The van der Waals surface area contributed by atoms with Gasteiger partial charge in [-0.25, -0.2) is 0 Å². The number of carboxylic acids is 1. The number of hydrogen-bond donors (Lipinski definition) is 1. The van der Waals surface area contributed by atoms with Crippen molar-refractivity contribution < 1.29 is 9.90 Å². The van der Waals surface area contributed by atoms with Crippen LogP contribution in [-0.2, 0) is 17.9 Å². The van der Waals surface area contributed by atoms with Gasteiger partial charge in [-0.3, -0.25) is 9.69 Å². The molecule has 1 aliphatic heterocycles. The summed E-state index contributed by atoms with van der Waals surface area (Å²) in [6.07, 6.45) is 3.70. The molecule has 1 aliphatic carbocycles. The lowest BCUT2D eigenvalue weighted by Crippen LogP contribution is -2.35. The molecule has 0 spiro atoms. The number of hydrogen-bond acceptors (Lipinski definition) is 2. The SMILES string of the molecule is O=C(O)C1CCC(N2Cc3ccc(Br)cc3C2)CC1. The van der Waals surface area contributed by atoms with Crippen LogP contribution in [0.4, 0.5) is 0 Å². The third-order valence-electron chi connectivity index (χ3n) is 4.48. The smallest absolute Gasteiger partial charge is 0.306 e. The van der Waals surface area contributed by atoms with Crippen LogP contribution in [0.1, 0.15) is 36.8 Å². The van der Waals surface area contributed by atoms with Gasteiger partial charge in [0.05, 0.1) is 5.92 Å². The summed E-state index contributed by atoms with van der Waals surface area (Å²) in [6.45, 7) is 2.03. The molecule has 0 atom stereocenters. The Bertz CT molecular complexity index is 495. The number of rotatable bonds is 2. The molecular weight excluding hydrogens is 306 g/mol. The molecule has 1 fully saturated rings. The zero-order valence-corrected chi connectivity index (χ0v) is 12.4. The van der Waals surface area contributed by atoms with E-state index in [-0.39, 0.29) is 5.92 Å². The first-order valence-electron chi connectivity index (χ1n) is 6.87. The van der Waals surface area contributed by atoms with Gasteiger partial charge in [0.1, 0.15) is 0 Å². The van der Waals surface area contributed by atoms with Gasteiger partial charge < -0.3 is 5.11 Å². The summed E-state index contributed by atoms with van der Waals surface area (Å²) in [7, 11) is 0. The molecule has 2 aliphatic rings. The summed E-state index contributed by atoms with van der Waals surface area (Å²) in [4.78, 5) is 13.5. The highest BCUT2D eigenvalue weighted by molar-refractivity contribution is 9.10. The number of benzene rings is 1. The Hall–Kier alpha value is -0.870. The fourth-order valence-electron chi connectivity index (χ4n) is 3.34. The molecule has 1 heterocycles. The Morgan fingerprint density at radius 1 is 1.16 bits per heavy atom. The number of nitrogens with zero attached hydrogens (tertiary/aromatic N) is 1. The minimum atomic E-state index is -0.618. The van der Waals surface area contributed by atoms with Gasteiger partial charge in [0, 0.05) is 23.6 Å². The number of aliphatic carboxylic acids is 1. The minimum Gasteiger partial charge on any atom is -0.481 e. The van der Waals surface area contributed by atoms with Crippen molar-refractivity contribution in [1.82, 2.24) is 4.90 Å². The standard InChI is InChI=1S/C15H18BrNO2/c16-13-4-1-11-8-17(9-12(11)7-13)14-5-2-10(3-6-14)15(18)19/h1,4,7,10,14H,2-3,5-6,8-9H2,(H,18,19). The van der Waals surface area contributed by atoms with Gasteiger partial charge >= 0.3 is 5.97 Å². The average Bonchev–Trinajstić information content (AvgIpc) is 2.81. The van der Waals surface area contributed by atoms with Crippen molar-refractivity contribution in [2.24, 2.45) is 5.92 Å². The lowest BCUT2D eigenvalue weighted by atomic mass is 9.85. The van der Waals surface area contributed by atoms with Crippen LogP contribution in [0.3, 0.4) is 0 Å². The first-order valence-corrected chi connectivity index (χ1v) is 7.67. The summed E-state index contributed by atoms with van der Waals surface area (Å²) in [5.41, 5.74) is 2.83. The Balaban J connectivity index is 1.63. The van der Waals surface area contributed by atoms with Crippen LogP contribution >= 0.6 is 15.9 Å². The number of carbonyl (C=O) groups is 1. The second kappa shape index (κ2) is 5.25. The van der Waals surface area contributed by atoms with E-state index < -0.39 is 5.97 Å². The Morgan fingerprint density at radius 3 is 2.53 bits per heavy atom. The van der Waals surface area contributed by atoms with Crippen LogP contribution in [0.5, 0.6) is 0 Å². The van der Waals surface area contributed by atoms with E-state index in [4.69, 9.17) is 5.11 Å². The molecule has 1 aromatic carbocycles. The van der Waals surface area contributed by atoms with E-state index in [0.717, 1.165) is 43.2 Å². The fraction of sp³-hybridized carbons (Fsp3) is 0.533. The van der Waals surface area contributed by atoms with Gasteiger partial charge in [-0.1, -0.05) is 22.0 Å². The summed E-state index contributed by atoms with van der Waals surface area (Å²) in [6, 6.07) is 7.06. The molecule has 1 N–H and O–H groups in total. The van der Waals surface area contributed by atoms with E-state index in [1.807, 2.05) is 0 Å². The zero-order valence-electron chi connectivity index (χ0n) is 10.8. The Morgan fingerprint density at radius 2 is 1.84 bits per heavy atom. The zero-order chi connectivity index (χ0) is 13.4. The van der Waals surface area contributed by atoms with Crippen molar-refractivity contribution in [3.05, 3.63) is 33.8 Å². The highest BCUT2D eigenvalue weighted by Crippen LogP contribution is 2.34. The molecule has 0 amide bonds. The topological polar surface area (TPSA) is 40.5 Å². The average molecular weight is 324 g/mol. The molecule has 0 bridgehead atoms. The van der Waals surface area contributed by atoms with Crippen LogP contribution in [0.25, 0.3) is 0 Å². The molecule has 1 aromatic rings. The van der Waals surface area contributed by atoms with Crippen molar-refractivity contribution >= 4 is 21.9 Å². The lowest BCUT2D eigenvalue weighted by molar-refractivity contribution is -0.143. The minimum absolute atomic E-state index is 0.115. The van der Waals surface area contributed by atoms with Gasteiger partial charge in [0.25, 0.3) is 0 Å². The monoisotopic (exact) mass is 323 g/mol. The van der Waals surface area contributed by atoms with Gasteiger partial charge in [0.2, 0.25) is 0 Å². The molecule has 0 radical (unpaired) electrons. The molecule has 1 saturated carbocycles. The maximum atomic E-state index is 11.0. The second-order valence-corrected chi connectivity index (χ2v) is 6.58. The van der Waals surface area contributed by atoms with Crippen LogP contribution in [0, 0.1) is 5.92 Å². The molecule has 102 valence electrons. The molecule has 3 rings (SSSR count). The normalized spacial score (nSPS) is 27.2. The van der Waals surface area contributed by atoms with Crippen molar-refractivity contribution in [3.63, 3.8) is 0 Å². The first kappa shape index (κ1) is 13.1. The maximum absolute atomic E-state index is 11.0. The predicted molar refractivity (Wildman–Crippen MR) is 76.8 cm³/mol. The third kappa shape index (κ3) is 2.70. The molecule has 3 nitrogen and oxygen atoms in total. The highest BCUT2D eigenvalue weighted by Gasteiger charge is 2.31. The van der Waals surface area contributed by atoms with Crippen LogP contribution < -0.4 is 0 Å². The molecule has 0 saturated heterocycles. The molecule has 4 heteroatoms. The maximum Gasteiger partial charge on any atom is 0.306 e. The summed E-state index contributed by atoms with van der Waals surface area (Å²) in [5.74, 6) is -0.734. The van der Waals surface area contributed by atoms with E-state index in [9.17, 15) is 4.79 Å². The van der Waals surface area contributed by atoms with Crippen molar-refractivity contribution in [2.45, 2.75) is 44.8 Å². The lowest BCUT2D eigenvalue weighted by Gasteiger charge is -2.33. The summed E-state index contributed by atoms with van der Waals surface area (Å²) >= 11 is 3.52. The summed E-state index contributed by atoms with van der Waals surface area (Å²) < 4.78 is 1.14. The molecule has 0 aromatic heterocycles. The van der Waals surface area contributed by atoms with E-state index >= 15 is 0 Å². The van der Waals surface area contributed by atoms with E-state index in [0.29, 0.717) is 6.04 Å². The van der Waals surface area contributed by atoms with Crippen molar-refractivity contribution in [1.29, 1.82) is 0 Å². The number of carboxylic acid groups (broad SMARTS) is 1. The van der Waals surface area contributed by atoms with Crippen LogP contribution in [0.15, 0.2) is 22.7 Å². The largest absolute Gasteiger partial charge is 0.481 e. The van der Waals surface area contributed by atoms with E-state index in [2.05, 4.69) is 39.0 Å². The van der Waals surface area contributed by atoms with Gasteiger partial charge in [-0.2, -0.15) is 0 Å². The Labute approximate surface area is 121 Å². The first-order chi connectivity index (χ1) is 9.13. The highest BCUT2D eigenvalue weighted by atomic mass is 79.9. The second-order valence-electron chi connectivity index (χ2n) is 5.66. The number of halogens is 1. The fourth-order valence-corrected chi connectivity index (χ4v) is 3.74. The quantitative estimate of drug-likeness (QED) is 0.906. The van der Waals surface area contributed by atoms with Crippen molar-refractivity contribution in [3.8, 4) is 0 Å². The van der Waals surface area contributed by atoms with Gasteiger partial charge in [-0.05, 0) is 48.9 Å². The molecular formula is C15H18BrNO2. The van der Waals surface area contributed by atoms with E-state index in [1.165, 1.54) is 11.1 Å². The third-order valence-corrected chi connectivity index (χ3v) is 4.97.